The van der Waals surface area contributed by atoms with Crippen LogP contribution in [-0.2, 0) is 27.3 Å². The van der Waals surface area contributed by atoms with Crippen molar-refractivity contribution >= 4 is 44.7 Å². The maximum atomic E-state index is 11.5. The summed E-state index contributed by atoms with van der Waals surface area (Å²) in [4.78, 5) is 1.07. The molecule has 0 aliphatic heterocycles. The number of benzene rings is 1. The minimum absolute atomic E-state index is 0.146. The molecule has 0 aliphatic carbocycles. The van der Waals surface area contributed by atoms with Crippen LogP contribution in [0.1, 0.15) is 29.7 Å². The Kier molecular flexibility index (Phi) is 7.42. The molecule has 0 radical (unpaired) electrons. The third-order valence-corrected chi connectivity index (χ3v) is 6.63. The van der Waals surface area contributed by atoms with Gasteiger partial charge < -0.3 is 0 Å². The molecule has 0 saturated carbocycles. The Bertz CT molecular complexity index is 1170. The second-order valence-electron chi connectivity index (χ2n) is 6.85. The van der Waals surface area contributed by atoms with Crippen molar-refractivity contribution < 1.29 is 12.6 Å². The maximum Gasteiger partial charge on any atom is 0.264 e. The lowest BCUT2D eigenvalue weighted by molar-refractivity contribution is 0.305. The molecule has 3 aromatic rings. The highest BCUT2D eigenvalue weighted by molar-refractivity contribution is 7.85. The molecule has 0 N–H and O–H groups in total. The number of nitrogens with zero attached hydrogens (tertiary/aromatic N) is 2. The van der Waals surface area contributed by atoms with E-state index in [0.29, 0.717) is 21.4 Å². The van der Waals surface area contributed by atoms with Crippen LogP contribution in [0.5, 0.6) is 0 Å². The average Bonchev–Trinajstić information content (AvgIpc) is 3.24. The predicted octanol–water partition coefficient (Wildman–Crippen LogP) is 6.20. The monoisotopic (exact) mass is 484 g/mol. The molecule has 2 heterocycles. The zero-order valence-electron chi connectivity index (χ0n) is 16.7. The van der Waals surface area contributed by atoms with Crippen molar-refractivity contribution in [3.8, 4) is 16.3 Å². The Labute approximate surface area is 191 Å². The molecule has 160 valence electrons. The number of unbranched alkanes of at least 4 members (excludes halogenated alkanes) is 1. The Morgan fingerprint density at radius 2 is 2.07 bits per heavy atom. The SMILES string of the molecule is C=CCCCc1ccsc1-c1c(C)c(COS(C)(=O)=O)nn1-c1ccc(Cl)cc1Cl. The van der Waals surface area contributed by atoms with Gasteiger partial charge in [0.15, 0.2) is 0 Å². The van der Waals surface area contributed by atoms with Gasteiger partial charge in [-0.1, -0.05) is 29.3 Å². The van der Waals surface area contributed by atoms with E-state index in [2.05, 4.69) is 17.7 Å². The second kappa shape index (κ2) is 9.66. The Balaban J connectivity index is 2.14. The summed E-state index contributed by atoms with van der Waals surface area (Å²) in [5, 5.41) is 7.68. The lowest BCUT2D eigenvalue weighted by atomic mass is 10.1. The number of hydrogen-bond acceptors (Lipinski definition) is 5. The van der Waals surface area contributed by atoms with Crippen LogP contribution in [-0.4, -0.2) is 24.5 Å². The van der Waals surface area contributed by atoms with Gasteiger partial charge in [-0.3, -0.25) is 4.18 Å². The Hall–Kier alpha value is -1.64. The fourth-order valence-corrected chi connectivity index (χ4v) is 4.97. The van der Waals surface area contributed by atoms with E-state index in [0.717, 1.165) is 41.7 Å². The van der Waals surface area contributed by atoms with Gasteiger partial charge in [-0.15, -0.1) is 17.9 Å². The van der Waals surface area contributed by atoms with E-state index >= 15 is 0 Å². The number of allylic oxidation sites excluding steroid dienone is 1. The quantitative estimate of drug-likeness (QED) is 0.206. The van der Waals surface area contributed by atoms with E-state index in [1.807, 2.05) is 18.4 Å². The van der Waals surface area contributed by atoms with E-state index < -0.39 is 10.1 Å². The topological polar surface area (TPSA) is 61.2 Å². The summed E-state index contributed by atoms with van der Waals surface area (Å²) in [6.45, 7) is 5.56. The molecule has 0 amide bonds. The summed E-state index contributed by atoms with van der Waals surface area (Å²) in [5.74, 6) is 0. The predicted molar refractivity (Wildman–Crippen MR) is 124 cm³/mol. The van der Waals surface area contributed by atoms with Crippen LogP contribution >= 0.6 is 34.5 Å². The van der Waals surface area contributed by atoms with Gasteiger partial charge in [0.1, 0.15) is 6.61 Å². The first-order valence-electron chi connectivity index (χ1n) is 9.27. The van der Waals surface area contributed by atoms with Crippen molar-refractivity contribution in [3.63, 3.8) is 0 Å². The maximum absolute atomic E-state index is 11.5. The molecule has 0 saturated heterocycles. The van der Waals surface area contributed by atoms with Crippen molar-refractivity contribution in [2.75, 3.05) is 6.26 Å². The van der Waals surface area contributed by atoms with Crippen LogP contribution in [0.15, 0.2) is 42.3 Å². The summed E-state index contributed by atoms with van der Waals surface area (Å²) in [6, 6.07) is 7.31. The first-order chi connectivity index (χ1) is 14.2. The van der Waals surface area contributed by atoms with Gasteiger partial charge in [0, 0.05) is 10.6 Å². The average molecular weight is 485 g/mol. The van der Waals surface area contributed by atoms with E-state index in [1.54, 1.807) is 34.2 Å². The third kappa shape index (κ3) is 5.34. The van der Waals surface area contributed by atoms with Crippen molar-refractivity contribution in [3.05, 3.63) is 69.2 Å². The van der Waals surface area contributed by atoms with Crippen molar-refractivity contribution in [2.24, 2.45) is 0 Å². The van der Waals surface area contributed by atoms with Gasteiger partial charge in [0.05, 0.1) is 33.2 Å². The minimum atomic E-state index is -3.60. The number of aryl methyl sites for hydroxylation is 1. The van der Waals surface area contributed by atoms with Crippen LogP contribution in [0.4, 0.5) is 0 Å². The second-order valence-corrected chi connectivity index (χ2v) is 10.3. The number of rotatable bonds is 9. The third-order valence-electron chi connectivity index (χ3n) is 4.58. The highest BCUT2D eigenvalue weighted by atomic mass is 35.5. The number of halogens is 2. The van der Waals surface area contributed by atoms with Crippen molar-refractivity contribution in [1.82, 2.24) is 9.78 Å². The Morgan fingerprint density at radius 3 is 2.73 bits per heavy atom. The molecule has 2 aromatic heterocycles. The van der Waals surface area contributed by atoms with Crippen LogP contribution in [0, 0.1) is 6.92 Å². The summed E-state index contributed by atoms with van der Waals surface area (Å²) >= 11 is 14.2. The summed E-state index contributed by atoms with van der Waals surface area (Å²) in [6.07, 6.45) is 5.76. The normalized spacial score (nSPS) is 11.7. The van der Waals surface area contributed by atoms with E-state index in [-0.39, 0.29) is 6.61 Å². The molecule has 0 spiro atoms. The lowest BCUT2D eigenvalue weighted by Gasteiger charge is -2.11. The van der Waals surface area contributed by atoms with Gasteiger partial charge in [-0.25, -0.2) is 4.68 Å². The molecule has 0 atom stereocenters. The Morgan fingerprint density at radius 1 is 1.30 bits per heavy atom. The largest absolute Gasteiger partial charge is 0.264 e. The summed E-state index contributed by atoms with van der Waals surface area (Å²) < 4.78 is 29.8. The fourth-order valence-electron chi connectivity index (χ4n) is 3.11. The molecule has 0 fully saturated rings. The number of aromatic nitrogens is 2. The molecule has 0 bridgehead atoms. The van der Waals surface area contributed by atoms with Crippen molar-refractivity contribution in [1.29, 1.82) is 0 Å². The van der Waals surface area contributed by atoms with Crippen LogP contribution < -0.4 is 0 Å². The van der Waals surface area contributed by atoms with Crippen LogP contribution in [0.2, 0.25) is 10.0 Å². The fraction of sp³-hybridized carbons (Fsp3) is 0.286. The van der Waals surface area contributed by atoms with Crippen LogP contribution in [0.3, 0.4) is 0 Å². The van der Waals surface area contributed by atoms with E-state index in [9.17, 15) is 8.42 Å². The van der Waals surface area contributed by atoms with Gasteiger partial charge in [0.2, 0.25) is 0 Å². The molecular weight excluding hydrogens is 463 g/mol. The smallest absolute Gasteiger partial charge is 0.264 e. The summed E-state index contributed by atoms with van der Waals surface area (Å²) in [5.41, 5.74) is 4.11. The van der Waals surface area contributed by atoms with Gasteiger partial charge in [-0.2, -0.15) is 13.5 Å². The molecule has 5 nitrogen and oxygen atoms in total. The zero-order chi connectivity index (χ0) is 21.9. The van der Waals surface area contributed by atoms with Gasteiger partial charge in [-0.05, 0) is 61.4 Å². The first-order valence-corrected chi connectivity index (χ1v) is 12.7. The van der Waals surface area contributed by atoms with Gasteiger partial charge in [0.25, 0.3) is 10.1 Å². The minimum Gasteiger partial charge on any atom is -0.264 e. The van der Waals surface area contributed by atoms with E-state index in [1.165, 1.54) is 5.56 Å². The molecule has 9 heteroatoms. The highest BCUT2D eigenvalue weighted by Gasteiger charge is 2.22. The summed E-state index contributed by atoms with van der Waals surface area (Å²) in [7, 11) is -3.60. The van der Waals surface area contributed by atoms with Crippen molar-refractivity contribution in [2.45, 2.75) is 32.8 Å². The molecule has 3 rings (SSSR count). The first kappa shape index (κ1) is 23.0. The molecule has 1 aromatic carbocycles. The molecule has 30 heavy (non-hydrogen) atoms. The number of hydrogen-bond donors (Lipinski definition) is 0. The zero-order valence-corrected chi connectivity index (χ0v) is 19.8. The van der Waals surface area contributed by atoms with Gasteiger partial charge >= 0.3 is 0 Å². The molecule has 0 unspecified atom stereocenters. The lowest BCUT2D eigenvalue weighted by Crippen LogP contribution is -2.05. The highest BCUT2D eigenvalue weighted by Crippen LogP contribution is 2.38. The number of thiophene rings is 1. The van der Waals surface area contributed by atoms with Crippen LogP contribution in [0.25, 0.3) is 16.3 Å². The standard InChI is InChI=1S/C21H22Cl2N2O3S2/c1-4-5-6-7-15-10-11-29-21(15)20-14(2)18(13-28-30(3,26)27)24-25(20)19-9-8-16(22)12-17(19)23/h4,8-12H,1,5-7,13H2,2-3H3. The van der Waals surface area contributed by atoms with E-state index in [4.69, 9.17) is 27.4 Å². The molecular formula is C21H22Cl2N2O3S2. The molecule has 0 aliphatic rings.